The molecule has 1 saturated heterocycles. The number of nitrogens with two attached hydrogens (primary N) is 1. The van der Waals surface area contributed by atoms with Crippen LogP contribution in [0.1, 0.15) is 33.1 Å². The molecule has 92 valence electrons. The second kappa shape index (κ2) is 5.70. The van der Waals surface area contributed by atoms with Gasteiger partial charge in [0, 0.05) is 0 Å². The van der Waals surface area contributed by atoms with Gasteiger partial charge in [0.15, 0.2) is 0 Å². The highest BCUT2D eigenvalue weighted by atomic mass is 16.2. The van der Waals surface area contributed by atoms with Crippen LogP contribution >= 0.6 is 0 Å². The molecule has 1 aliphatic rings. The van der Waals surface area contributed by atoms with E-state index in [1.54, 1.807) is 0 Å². The van der Waals surface area contributed by atoms with Gasteiger partial charge in [0.2, 0.25) is 5.91 Å². The maximum absolute atomic E-state index is 12.2. The summed E-state index contributed by atoms with van der Waals surface area (Å²) in [7, 11) is 0. The average Bonchev–Trinajstić information content (AvgIpc) is 2.69. The number of amides is 1. The zero-order chi connectivity index (χ0) is 13.0. The summed E-state index contributed by atoms with van der Waals surface area (Å²) < 4.78 is 0. The molecule has 0 aliphatic carbocycles. The molecule has 0 aromatic carbocycles. The Morgan fingerprint density at radius 1 is 1.53 bits per heavy atom. The third-order valence-electron chi connectivity index (χ3n) is 3.02. The fourth-order valence-electron chi connectivity index (χ4n) is 2.21. The summed E-state index contributed by atoms with van der Waals surface area (Å²) in [5.74, 6) is 2.73. The highest BCUT2D eigenvalue weighted by Gasteiger charge is 2.38. The molecule has 17 heavy (non-hydrogen) atoms. The lowest BCUT2D eigenvalue weighted by molar-refractivity contribution is -0.134. The Labute approximate surface area is 103 Å². The molecule has 0 spiro atoms. The van der Waals surface area contributed by atoms with Crippen molar-refractivity contribution in [3.63, 3.8) is 0 Å². The topological polar surface area (TPSA) is 70.1 Å². The molecule has 0 bridgehead atoms. The van der Waals surface area contributed by atoms with Gasteiger partial charge in [-0.1, -0.05) is 19.8 Å². The fourth-order valence-corrected chi connectivity index (χ4v) is 2.21. The van der Waals surface area contributed by atoms with E-state index in [1.807, 2.05) is 13.8 Å². The Morgan fingerprint density at radius 3 is 2.59 bits per heavy atom. The lowest BCUT2D eigenvalue weighted by Gasteiger charge is -2.27. The summed E-state index contributed by atoms with van der Waals surface area (Å²) in [6.45, 7) is 4.02. The van der Waals surface area contributed by atoms with Gasteiger partial charge >= 0.3 is 0 Å². The molecule has 4 nitrogen and oxygen atoms in total. The second-order valence-electron chi connectivity index (χ2n) is 4.89. The van der Waals surface area contributed by atoms with Crippen LogP contribution in [0.4, 0.5) is 0 Å². The molecular formula is C13H19N3O. The SMILES string of the molecule is C#C[C@@H]1CCC(C#N)N1C(=O)[C@@H](N)CC(C)C. The first-order valence-corrected chi connectivity index (χ1v) is 5.94. The van der Waals surface area contributed by atoms with Gasteiger partial charge in [0.05, 0.1) is 18.2 Å². The van der Waals surface area contributed by atoms with E-state index >= 15 is 0 Å². The molecule has 2 N–H and O–H groups in total. The third kappa shape index (κ3) is 2.99. The van der Waals surface area contributed by atoms with Crippen LogP contribution in [0.5, 0.6) is 0 Å². The molecule has 1 heterocycles. The number of nitrogens with zero attached hydrogens (tertiary/aromatic N) is 2. The van der Waals surface area contributed by atoms with E-state index in [9.17, 15) is 4.79 Å². The van der Waals surface area contributed by atoms with Crippen LogP contribution in [0.15, 0.2) is 0 Å². The van der Waals surface area contributed by atoms with Crippen LogP contribution in [0, 0.1) is 29.6 Å². The van der Waals surface area contributed by atoms with Gasteiger partial charge in [-0.25, -0.2) is 0 Å². The largest absolute Gasteiger partial charge is 0.320 e. The minimum Gasteiger partial charge on any atom is -0.320 e. The second-order valence-corrected chi connectivity index (χ2v) is 4.89. The fraction of sp³-hybridized carbons (Fsp3) is 0.692. The van der Waals surface area contributed by atoms with E-state index in [2.05, 4.69) is 12.0 Å². The van der Waals surface area contributed by atoms with E-state index in [4.69, 9.17) is 17.4 Å². The highest BCUT2D eigenvalue weighted by Crippen LogP contribution is 2.24. The maximum Gasteiger partial charge on any atom is 0.241 e. The van der Waals surface area contributed by atoms with Crippen LogP contribution in [0.25, 0.3) is 0 Å². The van der Waals surface area contributed by atoms with Crippen molar-refractivity contribution in [2.24, 2.45) is 11.7 Å². The molecule has 1 fully saturated rings. The highest BCUT2D eigenvalue weighted by molar-refractivity contribution is 5.83. The van der Waals surface area contributed by atoms with Crippen LogP contribution in [0.3, 0.4) is 0 Å². The zero-order valence-electron chi connectivity index (χ0n) is 10.4. The lowest BCUT2D eigenvalue weighted by atomic mass is 10.0. The van der Waals surface area contributed by atoms with Crippen molar-refractivity contribution in [3.8, 4) is 18.4 Å². The van der Waals surface area contributed by atoms with Crippen LogP contribution in [-0.2, 0) is 4.79 Å². The van der Waals surface area contributed by atoms with Gasteiger partial charge < -0.3 is 10.6 Å². The maximum atomic E-state index is 12.2. The summed E-state index contributed by atoms with van der Waals surface area (Å²) in [6, 6.07) is 0.878. The monoisotopic (exact) mass is 233 g/mol. The van der Waals surface area contributed by atoms with Gasteiger partial charge in [0.1, 0.15) is 6.04 Å². The third-order valence-corrected chi connectivity index (χ3v) is 3.02. The summed E-state index contributed by atoms with van der Waals surface area (Å²) in [5.41, 5.74) is 5.86. The van der Waals surface area contributed by atoms with Crippen LogP contribution in [-0.4, -0.2) is 28.9 Å². The van der Waals surface area contributed by atoms with Crippen LogP contribution in [0.2, 0.25) is 0 Å². The summed E-state index contributed by atoms with van der Waals surface area (Å²) in [5, 5.41) is 9.01. The zero-order valence-corrected chi connectivity index (χ0v) is 10.4. The lowest BCUT2D eigenvalue weighted by Crippen LogP contribution is -2.49. The average molecular weight is 233 g/mol. The molecule has 1 aliphatic heterocycles. The Bertz CT molecular complexity index is 342. The Hall–Kier alpha value is -1.52. The number of nitriles is 1. The molecule has 0 aromatic heterocycles. The summed E-state index contributed by atoms with van der Waals surface area (Å²) >= 11 is 0. The number of likely N-dealkylation sites (tertiary alicyclic amines) is 1. The van der Waals surface area contributed by atoms with Gasteiger partial charge in [-0.2, -0.15) is 5.26 Å². The van der Waals surface area contributed by atoms with E-state index < -0.39 is 12.1 Å². The molecule has 0 radical (unpaired) electrons. The van der Waals surface area contributed by atoms with Gasteiger partial charge in [-0.05, 0) is 25.2 Å². The van der Waals surface area contributed by atoms with E-state index in [1.165, 1.54) is 4.90 Å². The summed E-state index contributed by atoms with van der Waals surface area (Å²) in [4.78, 5) is 13.7. The van der Waals surface area contributed by atoms with Crippen molar-refractivity contribution < 1.29 is 4.79 Å². The van der Waals surface area contributed by atoms with Crippen molar-refractivity contribution in [1.82, 2.24) is 4.90 Å². The summed E-state index contributed by atoms with van der Waals surface area (Å²) in [6.07, 6.45) is 7.34. The predicted molar refractivity (Wildman–Crippen MR) is 65.5 cm³/mol. The Balaban J connectivity index is 2.78. The van der Waals surface area contributed by atoms with Crippen molar-refractivity contribution >= 4 is 5.91 Å². The van der Waals surface area contributed by atoms with Crippen molar-refractivity contribution in [3.05, 3.63) is 0 Å². The van der Waals surface area contributed by atoms with Crippen molar-refractivity contribution in [1.29, 1.82) is 5.26 Å². The normalized spacial score (nSPS) is 25.4. The number of terminal acetylenes is 1. The first-order chi connectivity index (χ1) is 8.01. The number of hydrogen-bond donors (Lipinski definition) is 1. The first-order valence-electron chi connectivity index (χ1n) is 5.94. The number of hydrogen-bond acceptors (Lipinski definition) is 3. The Kier molecular flexibility index (Phi) is 4.54. The molecular weight excluding hydrogens is 214 g/mol. The first kappa shape index (κ1) is 13.5. The van der Waals surface area contributed by atoms with Crippen molar-refractivity contribution in [2.75, 3.05) is 0 Å². The minimum atomic E-state index is -0.556. The minimum absolute atomic E-state index is 0.189. The van der Waals surface area contributed by atoms with Gasteiger partial charge in [-0.3, -0.25) is 4.79 Å². The molecule has 1 amide bonds. The standard InChI is InChI=1S/C13H19N3O/c1-4-10-5-6-11(8-14)16(10)13(17)12(15)7-9(2)3/h1,9-12H,5-7,15H2,2-3H3/t10-,11?,12+/m1/s1. The molecule has 0 aromatic rings. The van der Waals surface area contributed by atoms with E-state index in [-0.39, 0.29) is 11.9 Å². The molecule has 4 heteroatoms. The predicted octanol–water partition coefficient (Wildman–Crippen LogP) is 0.876. The molecule has 1 unspecified atom stereocenters. The smallest absolute Gasteiger partial charge is 0.241 e. The molecule has 0 saturated carbocycles. The van der Waals surface area contributed by atoms with E-state index in [0.717, 1.165) is 0 Å². The number of rotatable bonds is 3. The Morgan fingerprint density at radius 2 is 2.12 bits per heavy atom. The molecule has 3 atom stereocenters. The number of carbonyl (C=O) groups excluding carboxylic acids is 1. The number of carbonyl (C=O) groups is 1. The molecule has 1 rings (SSSR count). The van der Waals surface area contributed by atoms with Crippen LogP contribution < -0.4 is 5.73 Å². The van der Waals surface area contributed by atoms with Crippen molar-refractivity contribution in [2.45, 2.75) is 51.2 Å². The van der Waals surface area contributed by atoms with Gasteiger partial charge in [0.25, 0.3) is 0 Å². The van der Waals surface area contributed by atoms with E-state index in [0.29, 0.717) is 25.2 Å². The van der Waals surface area contributed by atoms with Gasteiger partial charge in [-0.15, -0.1) is 6.42 Å². The quantitative estimate of drug-likeness (QED) is 0.735.